The number of carbonyl (C=O) groups is 2. The van der Waals surface area contributed by atoms with E-state index in [4.69, 9.17) is 5.11 Å². The Bertz CT molecular complexity index is 325. The quantitative estimate of drug-likeness (QED) is 0.805. The number of aliphatic carboxylic acids is 1. The molecule has 1 aliphatic heterocycles. The number of piperidine rings is 1. The average Bonchev–Trinajstić information content (AvgIpc) is 2.34. The summed E-state index contributed by atoms with van der Waals surface area (Å²) in [5.41, 5.74) is 0. The summed E-state index contributed by atoms with van der Waals surface area (Å²) < 4.78 is 0. The molecule has 2 rings (SSSR count). The zero-order valence-electron chi connectivity index (χ0n) is 11.6. The molecule has 1 N–H and O–H groups in total. The number of likely N-dealkylation sites (tertiary alicyclic amines) is 1. The van der Waals surface area contributed by atoms with Crippen molar-refractivity contribution >= 4 is 11.9 Å². The number of nitrogens with zero attached hydrogens (tertiary/aromatic N) is 1. The molecule has 0 spiro atoms. The van der Waals surface area contributed by atoms with Crippen LogP contribution in [0.3, 0.4) is 0 Å². The average molecular weight is 267 g/mol. The van der Waals surface area contributed by atoms with Crippen molar-refractivity contribution in [2.75, 3.05) is 13.1 Å². The van der Waals surface area contributed by atoms with Gasteiger partial charge in [-0.1, -0.05) is 19.3 Å². The molecule has 108 valence electrons. The third-order valence-corrected chi connectivity index (χ3v) is 4.63. The SMILES string of the molecule is O=C(O)CCC1CCCN(C(=O)CCC2CCC2)C1. The van der Waals surface area contributed by atoms with Gasteiger partial charge < -0.3 is 10.0 Å². The number of hydrogen-bond acceptors (Lipinski definition) is 2. The van der Waals surface area contributed by atoms with E-state index < -0.39 is 5.97 Å². The molecule has 4 nitrogen and oxygen atoms in total. The molecule has 19 heavy (non-hydrogen) atoms. The van der Waals surface area contributed by atoms with Gasteiger partial charge in [0.1, 0.15) is 0 Å². The van der Waals surface area contributed by atoms with Crippen molar-refractivity contribution in [1.29, 1.82) is 0 Å². The number of carboxylic acid groups (broad SMARTS) is 1. The maximum absolute atomic E-state index is 12.1. The van der Waals surface area contributed by atoms with Crippen LogP contribution in [0.1, 0.15) is 57.8 Å². The minimum atomic E-state index is -0.728. The van der Waals surface area contributed by atoms with Gasteiger partial charge in [-0.3, -0.25) is 9.59 Å². The number of amides is 1. The van der Waals surface area contributed by atoms with E-state index >= 15 is 0 Å². The predicted octanol–water partition coefficient (Wildman–Crippen LogP) is 2.67. The fraction of sp³-hybridized carbons (Fsp3) is 0.867. The van der Waals surface area contributed by atoms with Gasteiger partial charge >= 0.3 is 5.97 Å². The number of carbonyl (C=O) groups excluding carboxylic acids is 1. The first-order valence-corrected chi connectivity index (χ1v) is 7.64. The third kappa shape index (κ3) is 4.51. The monoisotopic (exact) mass is 267 g/mol. The Morgan fingerprint density at radius 2 is 1.68 bits per heavy atom. The van der Waals surface area contributed by atoms with Gasteiger partial charge in [0, 0.05) is 25.9 Å². The molecule has 1 heterocycles. The number of carboxylic acids is 1. The fourth-order valence-corrected chi connectivity index (χ4v) is 3.12. The van der Waals surface area contributed by atoms with Gasteiger partial charge in [-0.2, -0.15) is 0 Å². The van der Waals surface area contributed by atoms with E-state index in [0.29, 0.717) is 18.8 Å². The van der Waals surface area contributed by atoms with E-state index in [1.807, 2.05) is 4.90 Å². The van der Waals surface area contributed by atoms with Crippen molar-refractivity contribution < 1.29 is 14.7 Å². The van der Waals surface area contributed by atoms with Crippen molar-refractivity contribution in [1.82, 2.24) is 4.90 Å². The summed E-state index contributed by atoms with van der Waals surface area (Å²) in [4.78, 5) is 24.7. The molecule has 1 saturated heterocycles. The highest BCUT2D eigenvalue weighted by Gasteiger charge is 2.25. The molecule has 0 aromatic rings. The molecule has 0 aromatic heterocycles. The van der Waals surface area contributed by atoms with Crippen LogP contribution in [0.5, 0.6) is 0 Å². The molecule has 1 amide bonds. The summed E-state index contributed by atoms with van der Waals surface area (Å²) in [6.07, 6.45) is 8.71. The van der Waals surface area contributed by atoms with Gasteiger partial charge in [-0.25, -0.2) is 0 Å². The van der Waals surface area contributed by atoms with Crippen LogP contribution in [0, 0.1) is 11.8 Å². The highest BCUT2D eigenvalue weighted by Crippen LogP contribution is 2.31. The number of rotatable bonds is 6. The molecule has 1 saturated carbocycles. The molecular weight excluding hydrogens is 242 g/mol. The van der Waals surface area contributed by atoms with Crippen LogP contribution in [0.25, 0.3) is 0 Å². The van der Waals surface area contributed by atoms with Gasteiger partial charge in [0.2, 0.25) is 5.91 Å². The van der Waals surface area contributed by atoms with E-state index in [1.54, 1.807) is 0 Å². The van der Waals surface area contributed by atoms with Crippen molar-refractivity contribution in [2.45, 2.75) is 57.8 Å². The zero-order valence-corrected chi connectivity index (χ0v) is 11.6. The van der Waals surface area contributed by atoms with Crippen LogP contribution in [0.2, 0.25) is 0 Å². The molecule has 2 fully saturated rings. The van der Waals surface area contributed by atoms with E-state index in [0.717, 1.165) is 38.3 Å². The Labute approximate surface area is 115 Å². The maximum atomic E-state index is 12.1. The van der Waals surface area contributed by atoms with Crippen molar-refractivity contribution in [3.63, 3.8) is 0 Å². The predicted molar refractivity (Wildman–Crippen MR) is 72.7 cm³/mol. The minimum Gasteiger partial charge on any atom is -0.481 e. The second-order valence-electron chi connectivity index (χ2n) is 6.12. The summed E-state index contributed by atoms with van der Waals surface area (Å²) in [6, 6.07) is 0. The summed E-state index contributed by atoms with van der Waals surface area (Å²) in [6.45, 7) is 1.64. The fourth-order valence-electron chi connectivity index (χ4n) is 3.12. The Morgan fingerprint density at radius 1 is 1.00 bits per heavy atom. The lowest BCUT2D eigenvalue weighted by Gasteiger charge is -2.33. The Hall–Kier alpha value is -1.06. The molecule has 0 bridgehead atoms. The second-order valence-corrected chi connectivity index (χ2v) is 6.12. The summed E-state index contributed by atoms with van der Waals surface area (Å²) >= 11 is 0. The molecule has 1 atom stereocenters. The lowest BCUT2D eigenvalue weighted by Crippen LogP contribution is -2.40. The highest BCUT2D eigenvalue weighted by molar-refractivity contribution is 5.76. The standard InChI is InChI=1S/C15H25NO3/c17-14(8-6-12-3-1-4-12)16-10-2-5-13(11-16)7-9-15(18)19/h12-13H,1-11H2,(H,18,19). The van der Waals surface area contributed by atoms with Gasteiger partial charge in [-0.05, 0) is 37.5 Å². The van der Waals surface area contributed by atoms with Crippen LogP contribution in [-0.2, 0) is 9.59 Å². The van der Waals surface area contributed by atoms with E-state index in [1.165, 1.54) is 19.3 Å². The van der Waals surface area contributed by atoms with Crippen molar-refractivity contribution in [2.24, 2.45) is 11.8 Å². The van der Waals surface area contributed by atoms with Gasteiger partial charge in [0.25, 0.3) is 0 Å². The number of hydrogen-bond donors (Lipinski definition) is 1. The van der Waals surface area contributed by atoms with E-state index in [-0.39, 0.29) is 12.3 Å². The smallest absolute Gasteiger partial charge is 0.303 e. The molecule has 2 aliphatic rings. The van der Waals surface area contributed by atoms with Gasteiger partial charge in [0.15, 0.2) is 0 Å². The second kappa shape index (κ2) is 6.92. The van der Waals surface area contributed by atoms with Crippen LogP contribution in [0.15, 0.2) is 0 Å². The first-order chi connectivity index (χ1) is 9.15. The van der Waals surface area contributed by atoms with Crippen LogP contribution >= 0.6 is 0 Å². The van der Waals surface area contributed by atoms with Crippen molar-refractivity contribution in [3.8, 4) is 0 Å². The molecule has 0 radical (unpaired) electrons. The Balaban J connectivity index is 1.69. The topological polar surface area (TPSA) is 57.6 Å². The lowest BCUT2D eigenvalue weighted by atomic mass is 9.82. The molecule has 1 unspecified atom stereocenters. The molecule has 4 heteroatoms. The van der Waals surface area contributed by atoms with Gasteiger partial charge in [0.05, 0.1) is 0 Å². The zero-order chi connectivity index (χ0) is 13.7. The van der Waals surface area contributed by atoms with E-state index in [9.17, 15) is 9.59 Å². The largest absolute Gasteiger partial charge is 0.481 e. The van der Waals surface area contributed by atoms with Crippen molar-refractivity contribution in [3.05, 3.63) is 0 Å². The highest BCUT2D eigenvalue weighted by atomic mass is 16.4. The van der Waals surface area contributed by atoms with Crippen LogP contribution < -0.4 is 0 Å². The Kier molecular flexibility index (Phi) is 5.23. The lowest BCUT2D eigenvalue weighted by molar-refractivity contribution is -0.137. The Morgan fingerprint density at radius 3 is 2.32 bits per heavy atom. The molecule has 1 aliphatic carbocycles. The first-order valence-electron chi connectivity index (χ1n) is 7.64. The normalized spacial score (nSPS) is 24.0. The van der Waals surface area contributed by atoms with Crippen LogP contribution in [-0.4, -0.2) is 35.0 Å². The summed E-state index contributed by atoms with van der Waals surface area (Å²) in [5.74, 6) is 0.731. The summed E-state index contributed by atoms with van der Waals surface area (Å²) in [5, 5.41) is 8.72. The van der Waals surface area contributed by atoms with E-state index in [2.05, 4.69) is 0 Å². The first kappa shape index (κ1) is 14.4. The third-order valence-electron chi connectivity index (χ3n) is 4.63. The minimum absolute atomic E-state index is 0.231. The molecule has 0 aromatic carbocycles. The summed E-state index contributed by atoms with van der Waals surface area (Å²) in [7, 11) is 0. The molecular formula is C15H25NO3. The van der Waals surface area contributed by atoms with Crippen LogP contribution in [0.4, 0.5) is 0 Å². The maximum Gasteiger partial charge on any atom is 0.303 e. The van der Waals surface area contributed by atoms with Gasteiger partial charge in [-0.15, -0.1) is 0 Å².